The molecule has 150 valence electrons. The van der Waals surface area contributed by atoms with Gasteiger partial charge in [0.1, 0.15) is 5.54 Å². The first-order valence-electron chi connectivity index (χ1n) is 9.80. The van der Waals surface area contributed by atoms with Crippen molar-refractivity contribution in [3.05, 3.63) is 23.0 Å². The molecule has 1 saturated heterocycles. The monoisotopic (exact) mass is 375 g/mol. The summed E-state index contributed by atoms with van der Waals surface area (Å²) in [4.78, 5) is 39.0. The van der Waals surface area contributed by atoms with E-state index in [4.69, 9.17) is 0 Å². The fourth-order valence-corrected chi connectivity index (χ4v) is 3.89. The van der Waals surface area contributed by atoms with Crippen molar-refractivity contribution >= 4 is 17.7 Å². The molecule has 1 aliphatic heterocycles. The summed E-state index contributed by atoms with van der Waals surface area (Å²) in [5.41, 5.74) is 1.59. The maximum atomic E-state index is 12.9. The number of nitrogens with zero attached hydrogens (tertiary/aromatic N) is 2. The molecular formula is C21H33N3O3. The quantitative estimate of drug-likeness (QED) is 0.556. The van der Waals surface area contributed by atoms with Crippen LogP contribution in [0.3, 0.4) is 0 Å². The molecule has 0 radical (unpaired) electrons. The zero-order chi connectivity index (χ0) is 20.5. The molecule has 1 unspecified atom stereocenters. The van der Waals surface area contributed by atoms with Crippen LogP contribution in [0.1, 0.15) is 69.2 Å². The number of nitrogens with one attached hydrogen (secondary N) is 1. The van der Waals surface area contributed by atoms with E-state index in [-0.39, 0.29) is 24.2 Å². The van der Waals surface area contributed by atoms with Crippen LogP contribution in [0.15, 0.2) is 6.07 Å². The third-order valence-electron chi connectivity index (χ3n) is 5.27. The summed E-state index contributed by atoms with van der Waals surface area (Å²) in [5, 5.41) is 2.76. The molecule has 27 heavy (non-hydrogen) atoms. The average Bonchev–Trinajstić information content (AvgIpc) is 2.93. The van der Waals surface area contributed by atoms with E-state index in [2.05, 4.69) is 23.7 Å². The first-order chi connectivity index (χ1) is 12.5. The fraction of sp³-hybridized carbons (Fsp3) is 0.667. The molecule has 1 aliphatic rings. The highest BCUT2D eigenvalue weighted by atomic mass is 16.2. The molecule has 1 aromatic rings. The Morgan fingerprint density at radius 2 is 1.78 bits per heavy atom. The number of hydrogen-bond donors (Lipinski definition) is 1. The minimum Gasteiger partial charge on any atom is -0.348 e. The maximum Gasteiger partial charge on any atom is 0.325 e. The van der Waals surface area contributed by atoms with Crippen molar-refractivity contribution in [2.24, 2.45) is 11.8 Å². The number of aromatic nitrogens is 1. The predicted octanol–water partition coefficient (Wildman–Crippen LogP) is 3.69. The van der Waals surface area contributed by atoms with Gasteiger partial charge in [-0.25, -0.2) is 4.79 Å². The number of ketones is 1. The van der Waals surface area contributed by atoms with Crippen LogP contribution in [0, 0.1) is 25.7 Å². The summed E-state index contributed by atoms with van der Waals surface area (Å²) in [6, 6.07) is 1.38. The fourth-order valence-electron chi connectivity index (χ4n) is 3.89. The van der Waals surface area contributed by atoms with Crippen LogP contribution in [0.5, 0.6) is 0 Å². The smallest absolute Gasteiger partial charge is 0.325 e. The van der Waals surface area contributed by atoms with Crippen molar-refractivity contribution in [2.75, 3.05) is 6.54 Å². The number of hydrogen-bond acceptors (Lipinski definition) is 3. The minimum absolute atomic E-state index is 0.198. The van der Waals surface area contributed by atoms with Gasteiger partial charge < -0.3 is 9.88 Å². The van der Waals surface area contributed by atoms with Gasteiger partial charge >= 0.3 is 6.03 Å². The van der Waals surface area contributed by atoms with E-state index in [9.17, 15) is 14.4 Å². The number of carbonyl (C=O) groups is 3. The second-order valence-electron chi connectivity index (χ2n) is 8.79. The number of carbonyl (C=O) groups excluding carboxylic acids is 3. The molecule has 0 bridgehead atoms. The zero-order valence-electron chi connectivity index (χ0n) is 17.7. The lowest BCUT2D eigenvalue weighted by atomic mass is 9.91. The Balaban J connectivity index is 2.17. The van der Waals surface area contributed by atoms with Gasteiger partial charge in [-0.15, -0.1) is 0 Å². The first kappa shape index (κ1) is 21.2. The molecule has 0 saturated carbocycles. The lowest BCUT2D eigenvalue weighted by molar-refractivity contribution is -0.131. The Hall–Kier alpha value is -2.11. The van der Waals surface area contributed by atoms with Crippen LogP contribution in [-0.4, -0.2) is 39.3 Å². The van der Waals surface area contributed by atoms with E-state index in [1.807, 2.05) is 33.8 Å². The van der Waals surface area contributed by atoms with Gasteiger partial charge in [0.2, 0.25) is 0 Å². The van der Waals surface area contributed by atoms with Crippen molar-refractivity contribution in [3.8, 4) is 0 Å². The summed E-state index contributed by atoms with van der Waals surface area (Å²) in [7, 11) is 0. The summed E-state index contributed by atoms with van der Waals surface area (Å²) in [6.07, 6.45) is 1.58. The number of rotatable bonds is 8. The summed E-state index contributed by atoms with van der Waals surface area (Å²) >= 11 is 0. The molecule has 6 nitrogen and oxygen atoms in total. The third kappa shape index (κ3) is 4.42. The highest BCUT2D eigenvalue weighted by Crippen LogP contribution is 2.26. The summed E-state index contributed by atoms with van der Waals surface area (Å²) in [5.74, 6) is 0.323. The van der Waals surface area contributed by atoms with E-state index in [0.717, 1.165) is 29.3 Å². The van der Waals surface area contributed by atoms with Crippen molar-refractivity contribution in [3.63, 3.8) is 0 Å². The van der Waals surface area contributed by atoms with Crippen molar-refractivity contribution in [1.82, 2.24) is 14.8 Å². The van der Waals surface area contributed by atoms with Gasteiger partial charge in [-0.3, -0.25) is 14.5 Å². The minimum atomic E-state index is -0.931. The van der Waals surface area contributed by atoms with Crippen LogP contribution >= 0.6 is 0 Å². The van der Waals surface area contributed by atoms with Gasteiger partial charge in [-0.05, 0) is 51.5 Å². The van der Waals surface area contributed by atoms with Crippen LogP contribution in [-0.2, 0) is 11.3 Å². The number of amides is 3. The number of Topliss-reactive ketones (excluding diaryl/α,β-unsaturated/α-hetero) is 1. The van der Waals surface area contributed by atoms with Gasteiger partial charge in [0, 0.05) is 23.5 Å². The topological polar surface area (TPSA) is 71.4 Å². The predicted molar refractivity (Wildman–Crippen MR) is 106 cm³/mol. The maximum absolute atomic E-state index is 12.9. The molecule has 1 aromatic heterocycles. The van der Waals surface area contributed by atoms with Crippen LogP contribution in [0.4, 0.5) is 4.79 Å². The molecule has 2 heterocycles. The van der Waals surface area contributed by atoms with E-state index in [1.54, 1.807) is 6.92 Å². The van der Waals surface area contributed by atoms with Gasteiger partial charge in [0.15, 0.2) is 5.78 Å². The zero-order valence-corrected chi connectivity index (χ0v) is 17.7. The molecule has 3 amide bonds. The molecule has 2 rings (SSSR count). The first-order valence-corrected chi connectivity index (χ1v) is 9.80. The van der Waals surface area contributed by atoms with E-state index in [0.29, 0.717) is 17.9 Å². The Labute approximate surface area is 162 Å². The number of aryl methyl sites for hydroxylation is 1. The molecule has 6 heteroatoms. The third-order valence-corrected chi connectivity index (χ3v) is 5.27. The molecule has 1 N–H and O–H groups in total. The molecule has 0 spiro atoms. The molecule has 1 fully saturated rings. The van der Waals surface area contributed by atoms with Gasteiger partial charge in [0.05, 0.1) is 6.54 Å². The van der Waals surface area contributed by atoms with Crippen molar-refractivity contribution < 1.29 is 14.4 Å². The summed E-state index contributed by atoms with van der Waals surface area (Å²) < 4.78 is 2.14. The van der Waals surface area contributed by atoms with Crippen molar-refractivity contribution in [2.45, 2.75) is 73.4 Å². The van der Waals surface area contributed by atoms with Gasteiger partial charge in [-0.2, -0.15) is 0 Å². The second-order valence-corrected chi connectivity index (χ2v) is 8.79. The SMILES string of the molecule is Cc1cc(C(=O)CN2C(=O)NC(C)(CC(C)C)C2=O)c(C)n1CCC(C)C. The Kier molecular flexibility index (Phi) is 6.17. The highest BCUT2D eigenvalue weighted by Gasteiger charge is 2.48. The second kappa shape index (κ2) is 7.87. The standard InChI is InChI=1S/C21H33N3O3/c1-13(2)8-9-23-15(5)10-17(16(23)6)18(25)12-24-19(26)21(7,11-14(3)4)22-20(24)27/h10,13-14H,8-9,11-12H2,1-7H3,(H,22,27). The van der Waals surface area contributed by atoms with Crippen molar-refractivity contribution in [1.29, 1.82) is 0 Å². The normalized spacial score (nSPS) is 20.1. The van der Waals surface area contributed by atoms with Gasteiger partial charge in [0.25, 0.3) is 5.91 Å². The molecule has 1 atom stereocenters. The van der Waals surface area contributed by atoms with Gasteiger partial charge in [-0.1, -0.05) is 27.7 Å². The number of urea groups is 1. The Morgan fingerprint density at radius 3 is 2.33 bits per heavy atom. The Bertz CT molecular complexity index is 748. The summed E-state index contributed by atoms with van der Waals surface area (Å²) in [6.45, 7) is 14.6. The molecular weight excluding hydrogens is 342 g/mol. The van der Waals surface area contributed by atoms with E-state index in [1.165, 1.54) is 0 Å². The van der Waals surface area contributed by atoms with Crippen LogP contribution < -0.4 is 5.32 Å². The van der Waals surface area contributed by atoms with E-state index >= 15 is 0 Å². The van der Waals surface area contributed by atoms with E-state index < -0.39 is 11.6 Å². The number of imide groups is 1. The Morgan fingerprint density at radius 1 is 1.15 bits per heavy atom. The lowest BCUT2D eigenvalue weighted by Gasteiger charge is -2.23. The molecule has 0 aliphatic carbocycles. The highest BCUT2D eigenvalue weighted by molar-refractivity contribution is 6.11. The van der Waals surface area contributed by atoms with Crippen LogP contribution in [0.25, 0.3) is 0 Å². The average molecular weight is 376 g/mol. The lowest BCUT2D eigenvalue weighted by Crippen LogP contribution is -2.45. The van der Waals surface area contributed by atoms with Crippen LogP contribution in [0.2, 0.25) is 0 Å². The molecule has 0 aromatic carbocycles. The largest absolute Gasteiger partial charge is 0.348 e.